The molecule has 198 valence electrons. The highest BCUT2D eigenvalue weighted by atomic mass is 16.5. The third-order valence-corrected chi connectivity index (χ3v) is 10.0. The number of hydrogen-bond acceptors (Lipinski definition) is 7. The highest BCUT2D eigenvalue weighted by molar-refractivity contribution is 5.85. The summed E-state index contributed by atoms with van der Waals surface area (Å²) in [6, 6.07) is 2.06. The van der Waals surface area contributed by atoms with Gasteiger partial charge in [0.1, 0.15) is 5.76 Å². The van der Waals surface area contributed by atoms with E-state index in [2.05, 4.69) is 26.9 Å². The van der Waals surface area contributed by atoms with Crippen LogP contribution in [0.3, 0.4) is 0 Å². The number of nitrogens with zero attached hydrogens (tertiary/aromatic N) is 4. The maximum absolute atomic E-state index is 11.6. The van der Waals surface area contributed by atoms with Gasteiger partial charge >= 0.3 is 5.97 Å². The number of carboxylic acids is 1. The van der Waals surface area contributed by atoms with Crippen molar-refractivity contribution >= 4 is 11.9 Å². The third kappa shape index (κ3) is 4.35. The zero-order valence-electron chi connectivity index (χ0n) is 22.0. The van der Waals surface area contributed by atoms with Crippen molar-refractivity contribution in [3.63, 3.8) is 0 Å². The van der Waals surface area contributed by atoms with Gasteiger partial charge in [0.05, 0.1) is 18.4 Å². The molecule has 3 saturated carbocycles. The molecule has 4 atom stereocenters. The van der Waals surface area contributed by atoms with Gasteiger partial charge < -0.3 is 19.3 Å². The van der Waals surface area contributed by atoms with Crippen molar-refractivity contribution in [1.29, 1.82) is 0 Å². The first-order valence-corrected chi connectivity index (χ1v) is 14.4. The van der Waals surface area contributed by atoms with Crippen molar-refractivity contribution in [3.8, 4) is 0 Å². The van der Waals surface area contributed by atoms with Crippen LogP contribution in [0.1, 0.15) is 123 Å². The van der Waals surface area contributed by atoms with Gasteiger partial charge in [0.15, 0.2) is 5.69 Å². The first-order chi connectivity index (χ1) is 17.9. The quantitative estimate of drug-likeness (QED) is 0.507. The lowest BCUT2D eigenvalue weighted by molar-refractivity contribution is 0.0126. The molecule has 2 aromatic rings. The fraction of sp³-hybridized carbons (Fsp3) is 0.724. The summed E-state index contributed by atoms with van der Waals surface area (Å²) in [6.07, 6.45) is 13.4. The Balaban J connectivity index is 1.07. The largest absolute Gasteiger partial charge is 0.477 e. The minimum Gasteiger partial charge on any atom is -0.477 e. The number of hydrogen-bond donors (Lipinski definition) is 1. The molecule has 7 rings (SSSR count). The van der Waals surface area contributed by atoms with Crippen LogP contribution in [-0.2, 0) is 11.3 Å². The van der Waals surface area contributed by atoms with E-state index in [-0.39, 0.29) is 23.9 Å². The highest BCUT2D eigenvalue weighted by Gasteiger charge is 2.48. The van der Waals surface area contributed by atoms with E-state index in [0.717, 1.165) is 25.0 Å². The molecular weight excluding hydrogens is 468 g/mol. The van der Waals surface area contributed by atoms with Crippen LogP contribution in [-0.4, -0.2) is 44.4 Å². The van der Waals surface area contributed by atoms with Gasteiger partial charge in [-0.1, -0.05) is 12.1 Å². The molecule has 2 aromatic heterocycles. The van der Waals surface area contributed by atoms with Crippen LogP contribution >= 0.6 is 0 Å². The molecule has 1 N–H and O–H groups in total. The Morgan fingerprint density at radius 1 is 1.11 bits per heavy atom. The van der Waals surface area contributed by atoms with Gasteiger partial charge in [0.2, 0.25) is 5.95 Å². The zero-order valence-corrected chi connectivity index (χ0v) is 22.0. The van der Waals surface area contributed by atoms with Gasteiger partial charge in [-0.15, -0.1) is 0 Å². The summed E-state index contributed by atoms with van der Waals surface area (Å²) in [4.78, 5) is 22.9. The van der Waals surface area contributed by atoms with E-state index >= 15 is 0 Å². The molecule has 1 spiro atoms. The van der Waals surface area contributed by atoms with Crippen LogP contribution in [0.5, 0.6) is 0 Å². The Bertz CT molecular complexity index is 1190. The lowest BCUT2D eigenvalue weighted by Crippen LogP contribution is -2.47. The standard InChI is InChI=1S/C29H38N4O4/c1-16-11-20-13-21(14-24(16)33(20)28-30-17(2)12-23(31-28)27(34)35)36-15-22-25(32-37-26(22)19-3-4-19)18-5-7-29(8-6-18)9-10-29/h12,16,18-21,24H,3-11,13-15H2,1-2H3,(H,34,35)/t16-,20?,21+,24?/m1/s1. The number of aromatic carboxylic acids is 1. The lowest BCUT2D eigenvalue weighted by Gasteiger charge is -2.39. The molecule has 2 bridgehead atoms. The summed E-state index contributed by atoms with van der Waals surface area (Å²) in [6.45, 7) is 4.71. The number of aryl methyl sites for hydroxylation is 1. The van der Waals surface area contributed by atoms with Gasteiger partial charge in [-0.2, -0.15) is 0 Å². The van der Waals surface area contributed by atoms with Gasteiger partial charge in [-0.3, -0.25) is 0 Å². The molecule has 8 nitrogen and oxygen atoms in total. The lowest BCUT2D eigenvalue weighted by atomic mass is 9.77. The normalized spacial score (nSPS) is 30.7. The predicted molar refractivity (Wildman–Crippen MR) is 137 cm³/mol. The van der Waals surface area contributed by atoms with Crippen molar-refractivity contribution in [1.82, 2.24) is 15.1 Å². The van der Waals surface area contributed by atoms with Crippen molar-refractivity contribution < 1.29 is 19.2 Å². The topological polar surface area (TPSA) is 102 Å². The van der Waals surface area contributed by atoms with Crippen molar-refractivity contribution in [2.75, 3.05) is 4.90 Å². The van der Waals surface area contributed by atoms with Gasteiger partial charge in [-0.25, -0.2) is 14.8 Å². The van der Waals surface area contributed by atoms with Crippen LogP contribution in [0.15, 0.2) is 10.6 Å². The Morgan fingerprint density at radius 2 is 1.89 bits per heavy atom. The van der Waals surface area contributed by atoms with Crippen molar-refractivity contribution in [2.45, 2.75) is 121 Å². The maximum Gasteiger partial charge on any atom is 0.354 e. The molecule has 0 aromatic carbocycles. The summed E-state index contributed by atoms with van der Waals surface area (Å²) >= 11 is 0. The maximum atomic E-state index is 11.6. The van der Waals surface area contributed by atoms with E-state index in [9.17, 15) is 9.90 Å². The van der Waals surface area contributed by atoms with Crippen LogP contribution < -0.4 is 4.90 Å². The summed E-state index contributed by atoms with van der Waals surface area (Å²) < 4.78 is 12.6. The minimum absolute atomic E-state index is 0.0656. The van der Waals surface area contributed by atoms with Crippen LogP contribution in [0, 0.1) is 18.3 Å². The molecule has 37 heavy (non-hydrogen) atoms. The Kier molecular flexibility index (Phi) is 5.61. The zero-order chi connectivity index (χ0) is 25.3. The highest BCUT2D eigenvalue weighted by Crippen LogP contribution is 2.59. The Labute approximate surface area is 218 Å². The SMILES string of the molecule is Cc1cc(C(=O)O)nc(N2C3C[C@H](OCc4c(C5CCC6(CC5)CC6)noc4C4CC4)CC2[C@H](C)C3)n1. The van der Waals surface area contributed by atoms with Crippen LogP contribution in [0.4, 0.5) is 5.95 Å². The number of anilines is 1. The van der Waals surface area contributed by atoms with Crippen LogP contribution in [0.25, 0.3) is 0 Å². The second-order valence-electron chi connectivity index (χ2n) is 12.7. The number of fused-ring (bicyclic) bond motifs is 2. The third-order valence-electron chi connectivity index (χ3n) is 10.0. The van der Waals surface area contributed by atoms with Crippen molar-refractivity contribution in [3.05, 3.63) is 34.5 Å². The summed E-state index contributed by atoms with van der Waals surface area (Å²) in [7, 11) is 0. The number of carboxylic acid groups (broad SMARTS) is 1. The van der Waals surface area contributed by atoms with E-state index < -0.39 is 5.97 Å². The smallest absolute Gasteiger partial charge is 0.354 e. The number of piperidine rings is 1. The van der Waals surface area contributed by atoms with Crippen LogP contribution in [0.2, 0.25) is 0 Å². The second-order valence-corrected chi connectivity index (χ2v) is 12.7. The minimum atomic E-state index is -1.01. The number of ether oxygens (including phenoxy) is 1. The molecule has 2 saturated heterocycles. The molecule has 2 aliphatic heterocycles. The Hall–Kier alpha value is -2.48. The molecule has 0 radical (unpaired) electrons. The molecule has 5 fully saturated rings. The fourth-order valence-corrected chi connectivity index (χ4v) is 7.54. The first kappa shape index (κ1) is 23.6. The molecule has 8 heteroatoms. The second kappa shape index (κ2) is 8.79. The monoisotopic (exact) mass is 506 g/mol. The van der Waals surface area contributed by atoms with Crippen molar-refractivity contribution in [2.24, 2.45) is 11.3 Å². The molecule has 5 aliphatic rings. The predicted octanol–water partition coefficient (Wildman–Crippen LogP) is 5.75. The summed E-state index contributed by atoms with van der Waals surface area (Å²) in [5.74, 6) is 2.16. The van der Waals surface area contributed by atoms with Gasteiger partial charge in [-0.05, 0) is 95.0 Å². The molecular formula is C29H38N4O4. The molecule has 3 aliphatic carbocycles. The molecule has 2 unspecified atom stereocenters. The summed E-state index contributed by atoms with van der Waals surface area (Å²) in [5, 5.41) is 14.1. The van der Waals surface area contributed by atoms with E-state index in [0.29, 0.717) is 41.4 Å². The van der Waals surface area contributed by atoms with Gasteiger partial charge in [0, 0.05) is 35.2 Å². The van der Waals surface area contributed by atoms with E-state index in [4.69, 9.17) is 9.26 Å². The van der Waals surface area contributed by atoms with E-state index in [1.54, 1.807) is 0 Å². The molecule has 0 amide bonds. The fourth-order valence-electron chi connectivity index (χ4n) is 7.54. The average molecular weight is 507 g/mol. The number of rotatable bonds is 7. The Morgan fingerprint density at radius 3 is 2.57 bits per heavy atom. The van der Waals surface area contributed by atoms with E-state index in [1.807, 2.05) is 6.92 Å². The first-order valence-electron chi connectivity index (χ1n) is 14.4. The molecule has 4 heterocycles. The average Bonchev–Trinajstić information content (AvgIpc) is 3.80. The van der Waals surface area contributed by atoms with Gasteiger partial charge in [0.25, 0.3) is 0 Å². The number of carbonyl (C=O) groups is 1. The van der Waals surface area contributed by atoms with E-state index in [1.165, 1.54) is 68.7 Å². The number of aromatic nitrogens is 3. The summed E-state index contributed by atoms with van der Waals surface area (Å²) in [5.41, 5.74) is 3.86.